The third-order valence-corrected chi connectivity index (χ3v) is 4.89. The van der Waals surface area contributed by atoms with Crippen LogP contribution in [0.15, 0.2) is 27.9 Å². The Morgan fingerprint density at radius 1 is 1.38 bits per heavy atom. The van der Waals surface area contributed by atoms with Crippen molar-refractivity contribution in [3.05, 3.63) is 34.8 Å². The van der Waals surface area contributed by atoms with Crippen molar-refractivity contribution >= 4 is 0 Å². The molecule has 2 aliphatic rings. The maximum absolute atomic E-state index is 5.73. The maximum atomic E-state index is 5.73. The number of rotatable bonds is 0. The van der Waals surface area contributed by atoms with E-state index in [1.54, 1.807) is 11.1 Å². The number of allylic oxidation sites excluding steroid dienone is 2. The standard InChI is InChI=1S/C15H20O/c1-10-8-13-9-15(3,11(10)2)6-4-12-5-7-16-14(12)13/h5,7,13H,4,6,8-9H2,1-3H3/t13-,15+/m0/s1. The third kappa shape index (κ3) is 1.30. The first kappa shape index (κ1) is 10.2. The highest BCUT2D eigenvalue weighted by molar-refractivity contribution is 5.33. The smallest absolute Gasteiger partial charge is 0.110 e. The molecule has 0 spiro atoms. The van der Waals surface area contributed by atoms with Gasteiger partial charge < -0.3 is 4.42 Å². The molecule has 0 aliphatic heterocycles. The van der Waals surface area contributed by atoms with Gasteiger partial charge in [-0.2, -0.15) is 0 Å². The molecule has 16 heavy (non-hydrogen) atoms. The predicted octanol–water partition coefficient (Wildman–Crippen LogP) is 4.45. The van der Waals surface area contributed by atoms with Gasteiger partial charge >= 0.3 is 0 Å². The van der Waals surface area contributed by atoms with Gasteiger partial charge in [0.25, 0.3) is 0 Å². The van der Waals surface area contributed by atoms with Crippen LogP contribution in [0.4, 0.5) is 0 Å². The molecule has 2 aliphatic carbocycles. The van der Waals surface area contributed by atoms with Gasteiger partial charge in [0, 0.05) is 5.92 Å². The fraction of sp³-hybridized carbons (Fsp3) is 0.600. The molecule has 1 aromatic heterocycles. The molecule has 1 aromatic rings. The van der Waals surface area contributed by atoms with E-state index in [1.165, 1.54) is 37.0 Å². The van der Waals surface area contributed by atoms with E-state index in [4.69, 9.17) is 4.42 Å². The Kier molecular flexibility index (Phi) is 2.07. The molecule has 2 bridgehead atoms. The normalized spacial score (nSPS) is 33.6. The van der Waals surface area contributed by atoms with Crippen molar-refractivity contribution < 1.29 is 4.42 Å². The van der Waals surface area contributed by atoms with Gasteiger partial charge in [-0.3, -0.25) is 0 Å². The number of hydrogen-bond acceptors (Lipinski definition) is 1. The highest BCUT2D eigenvalue weighted by atomic mass is 16.3. The maximum Gasteiger partial charge on any atom is 0.110 e. The fourth-order valence-electron chi connectivity index (χ4n) is 3.60. The molecule has 0 unspecified atom stereocenters. The molecule has 1 heterocycles. The van der Waals surface area contributed by atoms with Gasteiger partial charge in [0.1, 0.15) is 5.76 Å². The number of furan rings is 1. The van der Waals surface area contributed by atoms with E-state index in [2.05, 4.69) is 26.8 Å². The Labute approximate surface area is 97.5 Å². The topological polar surface area (TPSA) is 13.1 Å². The van der Waals surface area contributed by atoms with Gasteiger partial charge in [0.15, 0.2) is 0 Å². The summed E-state index contributed by atoms with van der Waals surface area (Å²) in [6.07, 6.45) is 6.80. The molecule has 0 N–H and O–H groups in total. The van der Waals surface area contributed by atoms with Gasteiger partial charge in [0.05, 0.1) is 6.26 Å². The summed E-state index contributed by atoms with van der Waals surface area (Å²) in [5, 5.41) is 0. The van der Waals surface area contributed by atoms with Crippen molar-refractivity contribution in [1.82, 2.24) is 0 Å². The van der Waals surface area contributed by atoms with Crippen LogP contribution >= 0.6 is 0 Å². The second-order valence-corrected chi connectivity index (χ2v) is 5.88. The lowest BCUT2D eigenvalue weighted by atomic mass is 9.67. The Morgan fingerprint density at radius 3 is 3.00 bits per heavy atom. The van der Waals surface area contributed by atoms with E-state index in [0.717, 1.165) is 0 Å². The summed E-state index contributed by atoms with van der Waals surface area (Å²) in [4.78, 5) is 0. The van der Waals surface area contributed by atoms with Crippen LogP contribution in [-0.2, 0) is 6.42 Å². The van der Waals surface area contributed by atoms with Crippen molar-refractivity contribution in [1.29, 1.82) is 0 Å². The summed E-state index contributed by atoms with van der Waals surface area (Å²) in [7, 11) is 0. The van der Waals surface area contributed by atoms with Gasteiger partial charge in [-0.25, -0.2) is 0 Å². The monoisotopic (exact) mass is 216 g/mol. The molecule has 0 radical (unpaired) electrons. The van der Waals surface area contributed by atoms with Crippen molar-refractivity contribution in [3.63, 3.8) is 0 Å². The van der Waals surface area contributed by atoms with Crippen LogP contribution < -0.4 is 0 Å². The largest absolute Gasteiger partial charge is 0.469 e. The first-order chi connectivity index (χ1) is 7.60. The first-order valence-electron chi connectivity index (χ1n) is 6.33. The predicted molar refractivity (Wildman–Crippen MR) is 65.5 cm³/mol. The zero-order valence-electron chi connectivity index (χ0n) is 10.5. The summed E-state index contributed by atoms with van der Waals surface area (Å²) in [5.74, 6) is 1.90. The van der Waals surface area contributed by atoms with Crippen molar-refractivity contribution in [2.75, 3.05) is 0 Å². The summed E-state index contributed by atoms with van der Waals surface area (Å²) in [5.41, 5.74) is 5.09. The zero-order valence-corrected chi connectivity index (χ0v) is 10.5. The molecule has 2 atom stereocenters. The Hall–Kier alpha value is -0.980. The molecule has 0 fully saturated rings. The first-order valence-corrected chi connectivity index (χ1v) is 6.33. The SMILES string of the molecule is CC1=C(C)[C@]2(C)CCc3ccoc3[C@@H](C1)C2. The molecule has 1 nitrogen and oxygen atoms in total. The summed E-state index contributed by atoms with van der Waals surface area (Å²) < 4.78 is 5.73. The quantitative estimate of drug-likeness (QED) is 0.584. The molecular formula is C15H20O. The lowest BCUT2D eigenvalue weighted by Gasteiger charge is -2.38. The van der Waals surface area contributed by atoms with E-state index in [9.17, 15) is 0 Å². The fourth-order valence-corrected chi connectivity index (χ4v) is 3.60. The molecule has 0 saturated heterocycles. The highest BCUT2D eigenvalue weighted by Crippen LogP contribution is 2.52. The lowest BCUT2D eigenvalue weighted by Crippen LogP contribution is -2.25. The number of aryl methyl sites for hydroxylation is 1. The second-order valence-electron chi connectivity index (χ2n) is 5.88. The third-order valence-electron chi connectivity index (χ3n) is 4.89. The Bertz CT molecular complexity index is 452. The summed E-state index contributed by atoms with van der Waals surface area (Å²) in [6.45, 7) is 7.07. The number of fused-ring (bicyclic) bond motifs is 4. The van der Waals surface area contributed by atoms with E-state index < -0.39 is 0 Å². The van der Waals surface area contributed by atoms with Gasteiger partial charge in [-0.05, 0) is 56.6 Å². The van der Waals surface area contributed by atoms with Gasteiger partial charge in [0.2, 0.25) is 0 Å². The minimum absolute atomic E-state index is 0.411. The van der Waals surface area contributed by atoms with Crippen LogP contribution in [0.5, 0.6) is 0 Å². The molecular weight excluding hydrogens is 196 g/mol. The Balaban J connectivity index is 2.10. The van der Waals surface area contributed by atoms with Crippen molar-refractivity contribution in [3.8, 4) is 0 Å². The zero-order chi connectivity index (χ0) is 11.3. The van der Waals surface area contributed by atoms with Crippen molar-refractivity contribution in [2.24, 2.45) is 5.41 Å². The molecule has 1 heteroatoms. The molecule has 0 saturated carbocycles. The summed E-state index contributed by atoms with van der Waals surface area (Å²) >= 11 is 0. The van der Waals surface area contributed by atoms with Crippen LogP contribution in [0.25, 0.3) is 0 Å². The average molecular weight is 216 g/mol. The molecule has 0 aromatic carbocycles. The number of hydrogen-bond donors (Lipinski definition) is 0. The van der Waals surface area contributed by atoms with E-state index >= 15 is 0 Å². The highest BCUT2D eigenvalue weighted by Gasteiger charge is 2.39. The Morgan fingerprint density at radius 2 is 2.19 bits per heavy atom. The minimum Gasteiger partial charge on any atom is -0.469 e. The van der Waals surface area contributed by atoms with Crippen LogP contribution in [0.1, 0.15) is 57.3 Å². The van der Waals surface area contributed by atoms with Crippen LogP contribution in [0, 0.1) is 5.41 Å². The van der Waals surface area contributed by atoms with Crippen LogP contribution in [-0.4, -0.2) is 0 Å². The van der Waals surface area contributed by atoms with E-state index in [-0.39, 0.29) is 0 Å². The molecule has 86 valence electrons. The molecule has 0 amide bonds. The second kappa shape index (κ2) is 3.26. The van der Waals surface area contributed by atoms with Crippen LogP contribution in [0.2, 0.25) is 0 Å². The van der Waals surface area contributed by atoms with E-state index in [0.29, 0.717) is 11.3 Å². The van der Waals surface area contributed by atoms with Crippen molar-refractivity contribution in [2.45, 2.75) is 52.4 Å². The lowest BCUT2D eigenvalue weighted by molar-refractivity contribution is 0.278. The summed E-state index contributed by atoms with van der Waals surface area (Å²) in [6, 6.07) is 2.17. The van der Waals surface area contributed by atoms with Crippen LogP contribution in [0.3, 0.4) is 0 Å². The molecule has 3 rings (SSSR count). The average Bonchev–Trinajstić information content (AvgIpc) is 2.67. The minimum atomic E-state index is 0.411. The van der Waals surface area contributed by atoms with Gasteiger partial charge in [-0.15, -0.1) is 0 Å². The van der Waals surface area contributed by atoms with Gasteiger partial charge in [-0.1, -0.05) is 18.1 Å². The van der Waals surface area contributed by atoms with E-state index in [1.807, 2.05) is 6.26 Å².